The van der Waals surface area contributed by atoms with Crippen LogP contribution in [-0.4, -0.2) is 61.3 Å². The van der Waals surface area contributed by atoms with Crippen molar-refractivity contribution in [2.45, 2.75) is 62.8 Å². The lowest BCUT2D eigenvalue weighted by atomic mass is 9.84. The number of nitrogens with zero attached hydrogens (tertiary/aromatic N) is 3. The number of fused-ring (bicyclic) bond motifs is 1. The Kier molecular flexibility index (Phi) is 9.46. The molecule has 39 heavy (non-hydrogen) atoms. The van der Waals surface area contributed by atoms with Crippen molar-refractivity contribution in [3.05, 3.63) is 65.0 Å². The van der Waals surface area contributed by atoms with Crippen molar-refractivity contribution in [1.82, 2.24) is 20.4 Å². The number of nitrogens with one attached hydrogen (secondary N) is 1. The summed E-state index contributed by atoms with van der Waals surface area (Å²) in [6, 6.07) is 13.1. The fourth-order valence-corrected chi connectivity index (χ4v) is 6.29. The fourth-order valence-electron chi connectivity index (χ4n) is 5.62. The lowest BCUT2D eigenvalue weighted by Crippen LogP contribution is -2.38. The van der Waals surface area contributed by atoms with Crippen molar-refractivity contribution in [3.63, 3.8) is 0 Å². The summed E-state index contributed by atoms with van der Waals surface area (Å²) in [5, 5.41) is 7.14. The first-order valence-electron chi connectivity index (χ1n) is 13.5. The summed E-state index contributed by atoms with van der Waals surface area (Å²) in [5.41, 5.74) is 3.91. The molecule has 1 aliphatic carbocycles. The van der Waals surface area contributed by atoms with E-state index in [1.807, 2.05) is 36.4 Å². The van der Waals surface area contributed by atoms with Gasteiger partial charge in [-0.15, -0.1) is 12.4 Å². The first-order valence-corrected chi connectivity index (χ1v) is 15.4. The Morgan fingerprint density at radius 2 is 1.72 bits per heavy atom. The predicted octanol–water partition coefficient (Wildman–Crippen LogP) is 4.65. The molecule has 8 nitrogen and oxygen atoms in total. The monoisotopic (exact) mass is 572 g/mol. The van der Waals surface area contributed by atoms with Crippen LogP contribution in [0.2, 0.25) is 0 Å². The van der Waals surface area contributed by atoms with E-state index in [1.165, 1.54) is 23.8 Å². The summed E-state index contributed by atoms with van der Waals surface area (Å²) < 4.78 is 28.9. The van der Waals surface area contributed by atoms with Gasteiger partial charge in [-0.1, -0.05) is 23.4 Å². The van der Waals surface area contributed by atoms with Crippen molar-refractivity contribution < 1.29 is 17.7 Å². The SMILES string of the molecule is Cc1nc(-c2ccc(C(=O)NC3CCC(CCN4CCc5ccc(S(C)(=O)=O)cc5CC4)CC3)cc2)no1.Cl. The fraction of sp³-hybridized carbons (Fsp3) is 0.483. The van der Waals surface area contributed by atoms with E-state index in [9.17, 15) is 13.2 Å². The molecule has 1 N–H and O–H groups in total. The number of carbonyl (C=O) groups excluding carboxylic acids is 1. The average Bonchev–Trinajstić information content (AvgIpc) is 3.24. The molecule has 2 aliphatic rings. The van der Waals surface area contributed by atoms with E-state index in [-0.39, 0.29) is 24.4 Å². The Morgan fingerprint density at radius 1 is 1.03 bits per heavy atom. The molecule has 0 radical (unpaired) electrons. The maximum atomic E-state index is 12.8. The summed E-state index contributed by atoms with van der Waals surface area (Å²) in [6.07, 6.45) is 8.59. The molecule has 1 saturated carbocycles. The number of aryl methyl sites for hydroxylation is 1. The van der Waals surface area contributed by atoms with Gasteiger partial charge in [-0.3, -0.25) is 4.79 Å². The maximum Gasteiger partial charge on any atom is 0.251 e. The molecule has 2 aromatic carbocycles. The highest BCUT2D eigenvalue weighted by atomic mass is 35.5. The molecule has 0 spiro atoms. The second kappa shape index (κ2) is 12.6. The van der Waals surface area contributed by atoms with E-state index in [0.29, 0.717) is 28.1 Å². The smallest absolute Gasteiger partial charge is 0.251 e. The van der Waals surface area contributed by atoms with Crippen LogP contribution in [0.5, 0.6) is 0 Å². The number of hydrogen-bond donors (Lipinski definition) is 1. The van der Waals surface area contributed by atoms with Crippen LogP contribution < -0.4 is 5.32 Å². The number of sulfone groups is 1. The first kappa shape index (κ1) is 29.2. The molecule has 1 amide bonds. The molecule has 2 heterocycles. The van der Waals surface area contributed by atoms with Crippen molar-refractivity contribution in [3.8, 4) is 11.4 Å². The van der Waals surface area contributed by atoms with E-state index in [4.69, 9.17) is 4.52 Å². The van der Waals surface area contributed by atoms with Gasteiger partial charge in [-0.2, -0.15) is 4.98 Å². The zero-order chi connectivity index (χ0) is 26.7. The molecular weight excluding hydrogens is 536 g/mol. The van der Waals surface area contributed by atoms with Gasteiger partial charge < -0.3 is 14.7 Å². The first-order chi connectivity index (χ1) is 18.2. The Balaban J connectivity index is 0.00000353. The number of carbonyl (C=O) groups is 1. The van der Waals surface area contributed by atoms with Crippen LogP contribution in [0.3, 0.4) is 0 Å². The Bertz CT molecular complexity index is 1380. The van der Waals surface area contributed by atoms with Crippen molar-refractivity contribution >= 4 is 28.2 Å². The van der Waals surface area contributed by atoms with Crippen molar-refractivity contribution in [2.24, 2.45) is 5.92 Å². The Labute approximate surface area is 236 Å². The zero-order valence-electron chi connectivity index (χ0n) is 22.6. The van der Waals surface area contributed by atoms with Gasteiger partial charge in [0.15, 0.2) is 9.84 Å². The lowest BCUT2D eigenvalue weighted by Gasteiger charge is -2.30. The quantitative estimate of drug-likeness (QED) is 0.439. The summed E-state index contributed by atoms with van der Waals surface area (Å²) in [4.78, 5) is 19.9. The molecule has 210 valence electrons. The number of benzene rings is 2. The largest absolute Gasteiger partial charge is 0.349 e. The normalized spacial score (nSPS) is 19.9. The molecule has 5 rings (SSSR count). The van der Waals surface area contributed by atoms with Gasteiger partial charge in [-0.25, -0.2) is 8.42 Å². The van der Waals surface area contributed by atoms with Crippen LogP contribution in [-0.2, 0) is 22.7 Å². The molecule has 1 aliphatic heterocycles. The molecule has 0 bridgehead atoms. The maximum absolute atomic E-state index is 12.8. The number of amides is 1. The summed E-state index contributed by atoms with van der Waals surface area (Å²) in [6.45, 7) is 4.81. The van der Waals surface area contributed by atoms with Gasteiger partial charge in [0.2, 0.25) is 11.7 Å². The number of halogens is 1. The number of aromatic nitrogens is 2. The summed E-state index contributed by atoms with van der Waals surface area (Å²) >= 11 is 0. The van der Waals surface area contributed by atoms with Crippen LogP contribution in [0.1, 0.15) is 59.5 Å². The molecule has 0 unspecified atom stereocenters. The van der Waals surface area contributed by atoms with E-state index in [1.54, 1.807) is 13.0 Å². The van der Waals surface area contributed by atoms with Crippen LogP contribution in [0.15, 0.2) is 51.9 Å². The van der Waals surface area contributed by atoms with Crippen LogP contribution in [0.25, 0.3) is 11.4 Å². The third-order valence-corrected chi connectivity index (χ3v) is 9.08. The highest BCUT2D eigenvalue weighted by Gasteiger charge is 2.24. The molecule has 1 aromatic heterocycles. The minimum Gasteiger partial charge on any atom is -0.349 e. The van der Waals surface area contributed by atoms with Gasteiger partial charge in [0.05, 0.1) is 4.90 Å². The van der Waals surface area contributed by atoms with E-state index in [2.05, 4.69) is 20.4 Å². The molecule has 0 saturated heterocycles. The third-order valence-electron chi connectivity index (χ3n) is 7.97. The summed E-state index contributed by atoms with van der Waals surface area (Å²) in [5.74, 6) is 1.69. The molecule has 1 fully saturated rings. The zero-order valence-corrected chi connectivity index (χ0v) is 24.2. The van der Waals surface area contributed by atoms with Crippen LogP contribution >= 0.6 is 12.4 Å². The second-order valence-electron chi connectivity index (χ2n) is 10.7. The van der Waals surface area contributed by atoms with Gasteiger partial charge in [0.25, 0.3) is 5.91 Å². The molecule has 3 aromatic rings. The van der Waals surface area contributed by atoms with Gasteiger partial charge in [-0.05, 0) is 92.8 Å². The van der Waals surface area contributed by atoms with E-state index < -0.39 is 9.84 Å². The standard InChI is InChI=1S/C29H36N4O4S.ClH/c1-20-30-28(32-37-20)23-5-7-24(8-6-23)29(34)31-26-10-3-21(4-11-26)13-16-33-17-14-22-9-12-27(38(2,35)36)19-25(22)15-18-33;/h5-9,12,19,21,26H,3-4,10-11,13-18H2,1-2H3,(H,31,34);1H. The minimum atomic E-state index is -3.17. The van der Waals surface area contributed by atoms with E-state index in [0.717, 1.165) is 63.7 Å². The highest BCUT2D eigenvalue weighted by Crippen LogP contribution is 2.28. The Hall–Kier alpha value is -2.75. The molecule has 0 atom stereocenters. The number of rotatable bonds is 7. The highest BCUT2D eigenvalue weighted by molar-refractivity contribution is 7.90. The van der Waals surface area contributed by atoms with Gasteiger partial charge in [0.1, 0.15) is 0 Å². The third kappa shape index (κ3) is 7.47. The average molecular weight is 573 g/mol. The summed E-state index contributed by atoms with van der Waals surface area (Å²) in [7, 11) is -3.17. The second-order valence-corrected chi connectivity index (χ2v) is 12.8. The van der Waals surface area contributed by atoms with Crippen molar-refractivity contribution in [2.75, 3.05) is 25.9 Å². The van der Waals surface area contributed by atoms with E-state index >= 15 is 0 Å². The van der Waals surface area contributed by atoms with Crippen LogP contribution in [0.4, 0.5) is 0 Å². The number of hydrogen-bond acceptors (Lipinski definition) is 7. The topological polar surface area (TPSA) is 105 Å². The van der Waals surface area contributed by atoms with Gasteiger partial charge in [0, 0.05) is 43.4 Å². The van der Waals surface area contributed by atoms with Crippen molar-refractivity contribution in [1.29, 1.82) is 0 Å². The predicted molar refractivity (Wildman–Crippen MR) is 153 cm³/mol. The molecular formula is C29H37ClN4O4S. The van der Waals surface area contributed by atoms with Gasteiger partial charge >= 0.3 is 0 Å². The van der Waals surface area contributed by atoms with Crippen LogP contribution in [0, 0.1) is 12.8 Å². The Morgan fingerprint density at radius 3 is 2.36 bits per heavy atom. The lowest BCUT2D eigenvalue weighted by molar-refractivity contribution is 0.0920. The molecule has 10 heteroatoms. The minimum absolute atomic E-state index is 0.